The summed E-state index contributed by atoms with van der Waals surface area (Å²) in [7, 11) is 2.85. The molecule has 0 bridgehead atoms. The van der Waals surface area contributed by atoms with E-state index in [1.165, 1.54) is 44.6 Å². The molecule has 0 saturated carbocycles. The monoisotopic (exact) mass is 349 g/mol. The maximum atomic E-state index is 12.3. The largest absolute Gasteiger partial charge is 0.495 e. The second-order valence-corrected chi connectivity index (χ2v) is 4.81. The minimum Gasteiger partial charge on any atom is -0.495 e. The molecule has 0 aromatic heterocycles. The Balaban J connectivity index is 2.09. The smallest absolute Gasteiger partial charge is 0.387 e. The van der Waals surface area contributed by atoms with Crippen molar-refractivity contribution in [2.75, 3.05) is 19.5 Å². The second-order valence-electron chi connectivity index (χ2n) is 4.81. The van der Waals surface area contributed by atoms with Gasteiger partial charge >= 0.3 is 6.61 Å². The zero-order valence-corrected chi connectivity index (χ0v) is 13.7. The summed E-state index contributed by atoms with van der Waals surface area (Å²) in [6.45, 7) is -2.94. The average molecular weight is 349 g/mol. The summed E-state index contributed by atoms with van der Waals surface area (Å²) in [5.41, 5.74) is 1.13. The van der Waals surface area contributed by atoms with Crippen molar-refractivity contribution in [1.29, 1.82) is 0 Å². The van der Waals surface area contributed by atoms with Gasteiger partial charge < -0.3 is 19.5 Å². The van der Waals surface area contributed by atoms with E-state index >= 15 is 0 Å². The number of alkyl halides is 2. The first-order chi connectivity index (χ1) is 12.0. The third kappa shape index (κ3) is 5.20. The summed E-state index contributed by atoms with van der Waals surface area (Å²) in [6, 6.07) is 11.4. The van der Waals surface area contributed by atoms with Crippen LogP contribution in [0.4, 0.5) is 14.5 Å². The molecular weight excluding hydrogens is 332 g/mol. The lowest BCUT2D eigenvalue weighted by Gasteiger charge is -2.10. The van der Waals surface area contributed by atoms with Crippen molar-refractivity contribution in [2.45, 2.75) is 6.61 Å². The van der Waals surface area contributed by atoms with Gasteiger partial charge in [-0.3, -0.25) is 4.79 Å². The van der Waals surface area contributed by atoms with E-state index in [1.54, 1.807) is 24.3 Å². The van der Waals surface area contributed by atoms with Crippen molar-refractivity contribution in [2.24, 2.45) is 0 Å². The topological polar surface area (TPSA) is 56.8 Å². The molecule has 0 unspecified atom stereocenters. The molecule has 7 heteroatoms. The Labute approximate surface area is 143 Å². The molecule has 0 spiro atoms. The van der Waals surface area contributed by atoms with Gasteiger partial charge in [0, 0.05) is 6.08 Å². The minimum atomic E-state index is -2.94. The first-order valence-corrected chi connectivity index (χ1v) is 7.28. The van der Waals surface area contributed by atoms with Crippen molar-refractivity contribution < 1.29 is 27.8 Å². The van der Waals surface area contributed by atoms with Gasteiger partial charge in [0.25, 0.3) is 0 Å². The van der Waals surface area contributed by atoms with E-state index in [9.17, 15) is 13.6 Å². The number of anilines is 1. The van der Waals surface area contributed by atoms with E-state index < -0.39 is 6.61 Å². The van der Waals surface area contributed by atoms with E-state index in [2.05, 4.69) is 10.1 Å². The molecule has 1 amide bonds. The Morgan fingerprint density at radius 1 is 1.04 bits per heavy atom. The highest BCUT2D eigenvalue weighted by atomic mass is 19.3. The fourth-order valence-electron chi connectivity index (χ4n) is 2.08. The first kappa shape index (κ1) is 18.3. The van der Waals surface area contributed by atoms with Gasteiger partial charge in [0.1, 0.15) is 5.75 Å². The highest BCUT2D eigenvalue weighted by Crippen LogP contribution is 2.30. The molecule has 5 nitrogen and oxygen atoms in total. The molecule has 25 heavy (non-hydrogen) atoms. The Morgan fingerprint density at radius 3 is 2.44 bits per heavy atom. The summed E-state index contributed by atoms with van der Waals surface area (Å²) in [4.78, 5) is 12.0. The number of carbonyl (C=O) groups excluding carboxylic acids is 1. The molecule has 1 N–H and O–H groups in total. The normalized spacial score (nSPS) is 10.8. The number of hydrogen-bond donors (Lipinski definition) is 1. The van der Waals surface area contributed by atoms with Gasteiger partial charge in [-0.15, -0.1) is 0 Å². The van der Waals surface area contributed by atoms with Gasteiger partial charge in [0.05, 0.1) is 19.9 Å². The van der Waals surface area contributed by atoms with Gasteiger partial charge in [-0.05, 0) is 35.9 Å². The fourth-order valence-corrected chi connectivity index (χ4v) is 2.08. The van der Waals surface area contributed by atoms with Crippen LogP contribution in [0.2, 0.25) is 0 Å². The van der Waals surface area contributed by atoms with Crippen LogP contribution in [0, 0.1) is 0 Å². The van der Waals surface area contributed by atoms with Crippen LogP contribution < -0.4 is 19.5 Å². The van der Waals surface area contributed by atoms with E-state index in [1.807, 2.05) is 0 Å². The van der Waals surface area contributed by atoms with E-state index in [4.69, 9.17) is 9.47 Å². The summed E-state index contributed by atoms with van der Waals surface area (Å²) in [6.07, 6.45) is 2.84. The average Bonchev–Trinajstić information content (AvgIpc) is 2.60. The molecule has 2 rings (SSSR count). The third-order valence-corrected chi connectivity index (χ3v) is 3.20. The SMILES string of the molecule is COc1ccccc1NC(=O)/C=C/c1ccc(OC(F)F)c(OC)c1. The Kier molecular flexibility index (Phi) is 6.33. The van der Waals surface area contributed by atoms with Crippen LogP contribution >= 0.6 is 0 Å². The van der Waals surface area contributed by atoms with Gasteiger partial charge in [-0.2, -0.15) is 8.78 Å². The molecule has 0 aliphatic rings. The van der Waals surface area contributed by atoms with E-state index in [0.717, 1.165) is 0 Å². The van der Waals surface area contributed by atoms with Crippen molar-refractivity contribution >= 4 is 17.7 Å². The predicted octanol–water partition coefficient (Wildman–Crippen LogP) is 3.96. The van der Waals surface area contributed by atoms with Gasteiger partial charge in [-0.1, -0.05) is 18.2 Å². The molecule has 0 radical (unpaired) electrons. The summed E-state index contributed by atoms with van der Waals surface area (Å²) < 4.78 is 39.1. The molecule has 132 valence electrons. The Morgan fingerprint density at radius 2 is 1.76 bits per heavy atom. The molecule has 0 heterocycles. The van der Waals surface area contributed by atoms with Crippen LogP contribution in [0.25, 0.3) is 6.08 Å². The van der Waals surface area contributed by atoms with Gasteiger partial charge in [0.2, 0.25) is 5.91 Å². The van der Waals surface area contributed by atoms with Gasteiger partial charge in [-0.25, -0.2) is 0 Å². The number of benzene rings is 2. The predicted molar refractivity (Wildman–Crippen MR) is 90.3 cm³/mol. The molecule has 0 saturated heterocycles. The molecule has 2 aromatic rings. The molecule has 0 aliphatic carbocycles. The summed E-state index contributed by atoms with van der Waals surface area (Å²) in [5, 5.41) is 2.69. The van der Waals surface area contributed by atoms with Crippen LogP contribution in [-0.4, -0.2) is 26.7 Å². The lowest BCUT2D eigenvalue weighted by Crippen LogP contribution is -2.08. The molecule has 2 aromatic carbocycles. The molecule has 0 aliphatic heterocycles. The van der Waals surface area contributed by atoms with Crippen molar-refractivity contribution in [3.8, 4) is 17.2 Å². The number of carbonyl (C=O) groups is 1. The minimum absolute atomic E-state index is 0.0758. The zero-order chi connectivity index (χ0) is 18.2. The Bertz CT molecular complexity index is 762. The number of halogens is 2. The molecule has 0 atom stereocenters. The van der Waals surface area contributed by atoms with Crippen molar-refractivity contribution in [3.63, 3.8) is 0 Å². The summed E-state index contributed by atoms with van der Waals surface area (Å²) in [5.74, 6) is 0.247. The number of ether oxygens (including phenoxy) is 3. The van der Waals surface area contributed by atoms with Crippen LogP contribution in [0.15, 0.2) is 48.5 Å². The molecule has 0 fully saturated rings. The quantitative estimate of drug-likeness (QED) is 0.769. The number of para-hydroxylation sites is 2. The Hall–Kier alpha value is -3.09. The van der Waals surface area contributed by atoms with Gasteiger partial charge in [0.15, 0.2) is 11.5 Å². The van der Waals surface area contributed by atoms with Crippen LogP contribution in [0.1, 0.15) is 5.56 Å². The van der Waals surface area contributed by atoms with Crippen LogP contribution in [0.3, 0.4) is 0 Å². The van der Waals surface area contributed by atoms with Crippen molar-refractivity contribution in [3.05, 3.63) is 54.1 Å². The maximum absolute atomic E-state index is 12.3. The van der Waals surface area contributed by atoms with E-state index in [-0.39, 0.29) is 17.4 Å². The van der Waals surface area contributed by atoms with Crippen LogP contribution in [0.5, 0.6) is 17.2 Å². The van der Waals surface area contributed by atoms with Crippen molar-refractivity contribution in [1.82, 2.24) is 0 Å². The standard InChI is InChI=1S/C18H17F2NO4/c1-23-14-6-4-3-5-13(14)21-17(22)10-8-12-7-9-15(25-18(19)20)16(11-12)24-2/h3-11,18H,1-2H3,(H,21,22)/b10-8+. The number of nitrogens with one attached hydrogen (secondary N) is 1. The lowest BCUT2D eigenvalue weighted by molar-refractivity contribution is -0.111. The maximum Gasteiger partial charge on any atom is 0.387 e. The second kappa shape index (κ2) is 8.68. The first-order valence-electron chi connectivity index (χ1n) is 7.28. The lowest BCUT2D eigenvalue weighted by atomic mass is 10.2. The molecular formula is C18H17F2NO4. The van der Waals surface area contributed by atoms with E-state index in [0.29, 0.717) is 17.0 Å². The van der Waals surface area contributed by atoms with Crippen LogP contribution in [-0.2, 0) is 4.79 Å². The number of amides is 1. The third-order valence-electron chi connectivity index (χ3n) is 3.20. The number of rotatable bonds is 7. The number of methoxy groups -OCH3 is 2. The highest BCUT2D eigenvalue weighted by molar-refractivity contribution is 6.02. The zero-order valence-electron chi connectivity index (χ0n) is 13.7. The summed E-state index contributed by atoms with van der Waals surface area (Å²) >= 11 is 0. The fraction of sp³-hybridized carbons (Fsp3) is 0.167. The highest BCUT2D eigenvalue weighted by Gasteiger charge is 2.10. The number of hydrogen-bond acceptors (Lipinski definition) is 4.